The zero-order valence-corrected chi connectivity index (χ0v) is 12.9. The first kappa shape index (κ1) is 14.3. The molecule has 0 spiro atoms. The summed E-state index contributed by atoms with van der Waals surface area (Å²) >= 11 is 0. The van der Waals surface area contributed by atoms with Crippen LogP contribution in [0.15, 0.2) is 54.9 Å². The number of hydrogen-bond acceptors (Lipinski definition) is 2. The summed E-state index contributed by atoms with van der Waals surface area (Å²) in [6.07, 6.45) is 4.14. The van der Waals surface area contributed by atoms with E-state index in [2.05, 4.69) is 23.3 Å². The van der Waals surface area contributed by atoms with Crippen LogP contribution in [0, 0.1) is 0 Å². The summed E-state index contributed by atoms with van der Waals surface area (Å²) in [5.74, 6) is 0.111. The van der Waals surface area contributed by atoms with Gasteiger partial charge in [0.2, 0.25) is 5.91 Å². The van der Waals surface area contributed by atoms with Gasteiger partial charge in [-0.05, 0) is 16.3 Å². The van der Waals surface area contributed by atoms with Crippen molar-refractivity contribution in [3.05, 3.63) is 66.0 Å². The van der Waals surface area contributed by atoms with Crippen LogP contribution >= 0.6 is 0 Å². The van der Waals surface area contributed by atoms with E-state index < -0.39 is 0 Å². The Hall–Kier alpha value is -2.62. The topological polar surface area (TPSA) is 38.1 Å². The number of aryl methyl sites for hydroxylation is 1. The van der Waals surface area contributed by atoms with Gasteiger partial charge in [0.1, 0.15) is 0 Å². The third-order valence-electron chi connectivity index (χ3n) is 3.83. The van der Waals surface area contributed by atoms with Crippen LogP contribution in [0.25, 0.3) is 10.8 Å². The lowest BCUT2D eigenvalue weighted by Crippen LogP contribution is -2.27. The molecule has 0 aliphatic carbocycles. The summed E-state index contributed by atoms with van der Waals surface area (Å²) in [7, 11) is 3.71. The molecule has 1 heterocycles. The van der Waals surface area contributed by atoms with E-state index in [0.717, 1.165) is 16.5 Å². The van der Waals surface area contributed by atoms with Gasteiger partial charge in [0, 0.05) is 32.4 Å². The number of carbonyl (C=O) groups excluding carboxylic acids is 1. The fourth-order valence-electron chi connectivity index (χ4n) is 2.66. The van der Waals surface area contributed by atoms with E-state index >= 15 is 0 Å². The molecule has 1 amide bonds. The maximum Gasteiger partial charge on any atom is 0.227 e. The number of rotatable bonds is 4. The molecular formula is C18H19N3O. The van der Waals surface area contributed by atoms with Crippen molar-refractivity contribution in [2.24, 2.45) is 7.05 Å². The number of nitrogens with zero attached hydrogens (tertiary/aromatic N) is 3. The zero-order chi connectivity index (χ0) is 15.5. The van der Waals surface area contributed by atoms with Crippen LogP contribution in [0.4, 0.5) is 0 Å². The molecule has 4 heteroatoms. The van der Waals surface area contributed by atoms with Crippen LogP contribution < -0.4 is 0 Å². The Kier molecular flexibility index (Phi) is 3.92. The number of likely N-dealkylation sites (N-methyl/N-ethyl adjacent to an activating group) is 1. The third kappa shape index (κ3) is 3.01. The Balaban J connectivity index is 1.75. The lowest BCUT2D eigenvalue weighted by molar-refractivity contribution is -0.129. The molecule has 3 rings (SSSR count). The van der Waals surface area contributed by atoms with Crippen molar-refractivity contribution in [1.29, 1.82) is 0 Å². The van der Waals surface area contributed by atoms with Crippen LogP contribution in [-0.4, -0.2) is 27.6 Å². The highest BCUT2D eigenvalue weighted by atomic mass is 16.2. The number of fused-ring (bicyclic) bond motifs is 1. The Bertz CT molecular complexity index is 801. The van der Waals surface area contributed by atoms with Crippen molar-refractivity contribution in [2.45, 2.75) is 13.0 Å². The normalized spacial score (nSPS) is 10.8. The minimum absolute atomic E-state index is 0.111. The Morgan fingerprint density at radius 2 is 1.95 bits per heavy atom. The summed E-state index contributed by atoms with van der Waals surface area (Å²) < 4.78 is 1.75. The average Bonchev–Trinajstić information content (AvgIpc) is 2.92. The van der Waals surface area contributed by atoms with Crippen molar-refractivity contribution in [3.8, 4) is 0 Å². The smallest absolute Gasteiger partial charge is 0.227 e. The van der Waals surface area contributed by atoms with Gasteiger partial charge in [0.15, 0.2) is 0 Å². The molecule has 0 bridgehead atoms. The highest BCUT2D eigenvalue weighted by Crippen LogP contribution is 2.19. The number of carbonyl (C=O) groups is 1. The quantitative estimate of drug-likeness (QED) is 0.742. The van der Waals surface area contributed by atoms with E-state index in [4.69, 9.17) is 0 Å². The molecule has 112 valence electrons. The highest BCUT2D eigenvalue weighted by molar-refractivity contribution is 5.90. The van der Waals surface area contributed by atoms with Gasteiger partial charge in [-0.25, -0.2) is 0 Å². The highest BCUT2D eigenvalue weighted by Gasteiger charge is 2.12. The van der Waals surface area contributed by atoms with Crippen molar-refractivity contribution >= 4 is 16.7 Å². The third-order valence-corrected chi connectivity index (χ3v) is 3.83. The van der Waals surface area contributed by atoms with Gasteiger partial charge >= 0.3 is 0 Å². The zero-order valence-electron chi connectivity index (χ0n) is 12.9. The van der Waals surface area contributed by atoms with Crippen LogP contribution in [0.3, 0.4) is 0 Å². The predicted octanol–water partition coefficient (Wildman–Crippen LogP) is 2.77. The minimum Gasteiger partial charge on any atom is -0.341 e. The van der Waals surface area contributed by atoms with Gasteiger partial charge in [0.05, 0.1) is 12.6 Å². The Labute approximate surface area is 130 Å². The number of benzene rings is 2. The Morgan fingerprint density at radius 3 is 2.73 bits per heavy atom. The first-order chi connectivity index (χ1) is 10.6. The minimum atomic E-state index is 0.111. The molecule has 0 unspecified atom stereocenters. The van der Waals surface area contributed by atoms with Gasteiger partial charge in [-0.2, -0.15) is 5.10 Å². The summed E-state index contributed by atoms with van der Waals surface area (Å²) in [5, 5.41) is 6.45. The van der Waals surface area contributed by atoms with Crippen LogP contribution in [0.5, 0.6) is 0 Å². The molecule has 4 nitrogen and oxygen atoms in total. The lowest BCUT2D eigenvalue weighted by Gasteiger charge is -2.17. The average molecular weight is 293 g/mol. The van der Waals surface area contributed by atoms with Crippen molar-refractivity contribution < 1.29 is 4.79 Å². The maximum absolute atomic E-state index is 12.5. The molecule has 0 aliphatic heterocycles. The molecular weight excluding hydrogens is 274 g/mol. The first-order valence-corrected chi connectivity index (χ1v) is 7.31. The summed E-state index contributed by atoms with van der Waals surface area (Å²) in [5.41, 5.74) is 2.11. The first-order valence-electron chi connectivity index (χ1n) is 7.31. The fourth-order valence-corrected chi connectivity index (χ4v) is 2.66. The van der Waals surface area contributed by atoms with E-state index in [1.165, 1.54) is 5.39 Å². The number of hydrogen-bond donors (Lipinski definition) is 0. The molecule has 3 aromatic rings. The molecule has 0 aliphatic rings. The number of aromatic nitrogens is 2. The van der Waals surface area contributed by atoms with Crippen molar-refractivity contribution in [2.75, 3.05) is 7.05 Å². The molecule has 22 heavy (non-hydrogen) atoms. The van der Waals surface area contributed by atoms with Crippen molar-refractivity contribution in [1.82, 2.24) is 14.7 Å². The van der Waals surface area contributed by atoms with Crippen LogP contribution in [0.1, 0.15) is 11.1 Å². The monoisotopic (exact) mass is 293 g/mol. The maximum atomic E-state index is 12.5. The second-order valence-corrected chi connectivity index (χ2v) is 5.59. The SMILES string of the molecule is CN(Cc1cnn(C)c1)C(=O)Cc1cccc2ccccc12. The van der Waals surface area contributed by atoms with E-state index in [0.29, 0.717) is 13.0 Å². The van der Waals surface area contributed by atoms with Gasteiger partial charge < -0.3 is 4.90 Å². The van der Waals surface area contributed by atoms with Crippen LogP contribution in [-0.2, 0) is 24.8 Å². The second-order valence-electron chi connectivity index (χ2n) is 5.59. The van der Waals surface area contributed by atoms with Gasteiger partial charge in [-0.3, -0.25) is 9.48 Å². The molecule has 0 fully saturated rings. The van der Waals surface area contributed by atoms with Crippen LogP contribution in [0.2, 0.25) is 0 Å². The lowest BCUT2D eigenvalue weighted by atomic mass is 10.0. The largest absolute Gasteiger partial charge is 0.341 e. The summed E-state index contributed by atoms with van der Waals surface area (Å²) in [6.45, 7) is 0.581. The van der Waals surface area contributed by atoms with Crippen molar-refractivity contribution in [3.63, 3.8) is 0 Å². The Morgan fingerprint density at radius 1 is 1.18 bits per heavy atom. The number of amides is 1. The summed E-state index contributed by atoms with van der Waals surface area (Å²) in [6, 6.07) is 14.3. The van der Waals surface area contributed by atoms with Gasteiger partial charge in [0.25, 0.3) is 0 Å². The fraction of sp³-hybridized carbons (Fsp3) is 0.222. The molecule has 0 saturated carbocycles. The van der Waals surface area contributed by atoms with E-state index in [1.54, 1.807) is 15.8 Å². The molecule has 0 N–H and O–H groups in total. The molecule has 0 atom stereocenters. The van der Waals surface area contributed by atoms with E-state index in [-0.39, 0.29) is 5.91 Å². The predicted molar refractivity (Wildman–Crippen MR) is 87.3 cm³/mol. The molecule has 0 radical (unpaired) electrons. The van der Waals surface area contributed by atoms with E-state index in [9.17, 15) is 4.79 Å². The molecule has 0 saturated heterocycles. The molecule has 1 aromatic heterocycles. The summed E-state index contributed by atoms with van der Waals surface area (Å²) in [4.78, 5) is 14.2. The second kappa shape index (κ2) is 6.02. The van der Waals surface area contributed by atoms with Gasteiger partial charge in [-0.15, -0.1) is 0 Å². The molecule has 2 aromatic carbocycles. The van der Waals surface area contributed by atoms with Gasteiger partial charge in [-0.1, -0.05) is 42.5 Å². The van der Waals surface area contributed by atoms with E-state index in [1.807, 2.05) is 44.6 Å². The standard InChI is InChI=1S/C18H19N3O/c1-20(12-14-11-19-21(2)13-14)18(22)10-16-8-5-7-15-6-3-4-9-17(15)16/h3-9,11,13H,10,12H2,1-2H3.